The maximum atomic E-state index is 13.3. The molecule has 19 heteroatoms. The number of ether oxygens (including phenoxy) is 6. The maximum Gasteiger partial charge on any atom is 0.220 e. The van der Waals surface area contributed by atoms with E-state index in [1.807, 2.05) is 0 Å². The van der Waals surface area contributed by atoms with Gasteiger partial charge in [-0.1, -0.05) is 173 Å². The topological polar surface area (TPSA) is 307 Å². The van der Waals surface area contributed by atoms with Gasteiger partial charge in [0.2, 0.25) is 5.91 Å². The molecule has 0 bridgehead atoms. The van der Waals surface area contributed by atoms with Crippen LogP contribution in [0.3, 0.4) is 0 Å². The van der Waals surface area contributed by atoms with Crippen molar-refractivity contribution in [3.63, 3.8) is 0 Å². The molecule has 3 aliphatic heterocycles. The highest BCUT2D eigenvalue weighted by molar-refractivity contribution is 5.76. The van der Waals surface area contributed by atoms with Crippen molar-refractivity contribution in [3.05, 3.63) is 146 Å². The molecule has 0 spiro atoms. The van der Waals surface area contributed by atoms with Gasteiger partial charge < -0.3 is 89.9 Å². The molecule has 3 aliphatic rings. The van der Waals surface area contributed by atoms with Gasteiger partial charge in [-0.25, -0.2) is 0 Å². The zero-order chi connectivity index (χ0) is 63.3. The lowest BCUT2D eigenvalue weighted by molar-refractivity contribution is -0.379. The van der Waals surface area contributed by atoms with Gasteiger partial charge in [0.1, 0.15) is 73.2 Å². The number of aliphatic hydroxyl groups is 11. The molecule has 3 rings (SSSR count). The van der Waals surface area contributed by atoms with Crippen molar-refractivity contribution >= 4 is 5.91 Å². The van der Waals surface area contributed by atoms with Crippen LogP contribution in [0, 0.1) is 0 Å². The van der Waals surface area contributed by atoms with E-state index in [-0.39, 0.29) is 12.3 Å². The Morgan fingerprint density at radius 3 is 1.25 bits per heavy atom. The van der Waals surface area contributed by atoms with Crippen molar-refractivity contribution in [3.8, 4) is 0 Å². The first kappa shape index (κ1) is 76.9. The van der Waals surface area contributed by atoms with E-state index in [0.717, 1.165) is 109 Å². The minimum absolute atomic E-state index is 0.180. The van der Waals surface area contributed by atoms with Gasteiger partial charge in [-0.15, -0.1) is 0 Å². The molecule has 0 aliphatic carbocycles. The number of allylic oxidation sites excluding steroid dienone is 23. The second-order valence-electron chi connectivity index (χ2n) is 21.8. The molecule has 492 valence electrons. The van der Waals surface area contributed by atoms with E-state index in [0.29, 0.717) is 12.8 Å². The quantitative estimate of drug-likeness (QED) is 0.0220. The highest BCUT2D eigenvalue weighted by Gasteiger charge is 2.53. The van der Waals surface area contributed by atoms with Crippen LogP contribution in [-0.4, -0.2) is 193 Å². The lowest BCUT2D eigenvalue weighted by Crippen LogP contribution is -2.66. The van der Waals surface area contributed by atoms with Crippen LogP contribution >= 0.6 is 0 Å². The van der Waals surface area contributed by atoms with Crippen molar-refractivity contribution in [2.75, 3.05) is 26.4 Å². The molecular formula is C68H107NO18. The second-order valence-corrected chi connectivity index (χ2v) is 21.8. The number of carbonyl (C=O) groups is 1. The Morgan fingerprint density at radius 2 is 0.805 bits per heavy atom. The van der Waals surface area contributed by atoms with E-state index in [1.165, 1.54) is 0 Å². The molecule has 87 heavy (non-hydrogen) atoms. The van der Waals surface area contributed by atoms with Gasteiger partial charge in [0.25, 0.3) is 0 Å². The van der Waals surface area contributed by atoms with Crippen LogP contribution < -0.4 is 5.32 Å². The SMILES string of the molecule is CC/C=C\C/C=C\C/C=C\C/C=C\C/C=C\C/C=C\C/C=C\C/C=C\C/C=C\CCCCCC(=O)NC(COC1OC(CO)C(OC2OC(CO)C(OC3OC(CO)C(O)C(O)C3O)C(O)C2O)C(O)C1O)C(O)/C=C/CC/C=C/CC/C=C/CCC. The van der Waals surface area contributed by atoms with Crippen molar-refractivity contribution in [1.82, 2.24) is 5.32 Å². The molecular weight excluding hydrogens is 1120 g/mol. The van der Waals surface area contributed by atoms with Gasteiger partial charge in [-0.05, 0) is 109 Å². The summed E-state index contributed by atoms with van der Waals surface area (Å²) >= 11 is 0. The minimum Gasteiger partial charge on any atom is -0.394 e. The third-order valence-corrected chi connectivity index (χ3v) is 14.6. The predicted octanol–water partition coefficient (Wildman–Crippen LogP) is 6.81. The fourth-order valence-corrected chi connectivity index (χ4v) is 9.45. The highest BCUT2D eigenvalue weighted by Crippen LogP contribution is 2.33. The van der Waals surface area contributed by atoms with E-state index in [9.17, 15) is 61.0 Å². The average molecular weight is 1230 g/mol. The molecule has 17 unspecified atom stereocenters. The summed E-state index contributed by atoms with van der Waals surface area (Å²) in [7, 11) is 0. The van der Waals surface area contributed by atoms with Crippen molar-refractivity contribution in [1.29, 1.82) is 0 Å². The van der Waals surface area contributed by atoms with Crippen LogP contribution in [0.5, 0.6) is 0 Å². The molecule has 0 aromatic rings. The summed E-state index contributed by atoms with van der Waals surface area (Å²) in [5, 5.41) is 120. The number of rotatable bonds is 44. The Labute approximate surface area is 517 Å². The number of hydrogen-bond acceptors (Lipinski definition) is 18. The summed E-state index contributed by atoms with van der Waals surface area (Å²) < 4.78 is 34.2. The van der Waals surface area contributed by atoms with Crippen molar-refractivity contribution < 1.29 is 89.4 Å². The van der Waals surface area contributed by atoms with Gasteiger partial charge in [0.05, 0.1) is 38.6 Å². The number of aliphatic hydroxyl groups excluding tert-OH is 11. The molecule has 1 amide bonds. The fourth-order valence-electron chi connectivity index (χ4n) is 9.45. The molecule has 0 saturated carbocycles. The van der Waals surface area contributed by atoms with Crippen LogP contribution in [0.15, 0.2) is 146 Å². The third kappa shape index (κ3) is 31.3. The second kappa shape index (κ2) is 48.5. The van der Waals surface area contributed by atoms with E-state index in [2.05, 4.69) is 153 Å². The molecule has 3 saturated heterocycles. The fraction of sp³-hybridized carbons (Fsp3) is 0.632. The normalized spacial score (nSPS) is 29.6. The summed E-state index contributed by atoms with van der Waals surface area (Å²) in [6, 6.07) is -1.02. The molecule has 19 nitrogen and oxygen atoms in total. The highest BCUT2D eigenvalue weighted by atomic mass is 16.8. The summed E-state index contributed by atoms with van der Waals surface area (Å²) in [6.45, 7) is 1.43. The molecule has 0 aromatic carbocycles. The van der Waals surface area contributed by atoms with Crippen molar-refractivity contribution in [2.45, 2.75) is 247 Å². The Balaban J connectivity index is 1.44. The molecule has 12 N–H and O–H groups in total. The largest absolute Gasteiger partial charge is 0.394 e. The molecule has 0 aromatic heterocycles. The summed E-state index contributed by atoms with van der Waals surface area (Å²) in [6.07, 6.45) is 41.3. The summed E-state index contributed by atoms with van der Waals surface area (Å²) in [5.41, 5.74) is 0. The Kier molecular flexibility index (Phi) is 42.9. The zero-order valence-electron chi connectivity index (χ0n) is 51.4. The van der Waals surface area contributed by atoms with Gasteiger partial charge in [-0.2, -0.15) is 0 Å². The summed E-state index contributed by atoms with van der Waals surface area (Å²) in [5.74, 6) is -0.332. The lowest BCUT2D eigenvalue weighted by atomic mass is 9.96. The van der Waals surface area contributed by atoms with E-state index < -0.39 is 131 Å². The van der Waals surface area contributed by atoms with Gasteiger partial charge >= 0.3 is 0 Å². The van der Waals surface area contributed by atoms with E-state index >= 15 is 0 Å². The molecule has 17 atom stereocenters. The van der Waals surface area contributed by atoms with Gasteiger partial charge in [0, 0.05) is 6.42 Å². The maximum absolute atomic E-state index is 13.3. The monoisotopic (exact) mass is 1230 g/mol. The first-order chi connectivity index (χ1) is 42.3. The number of amides is 1. The van der Waals surface area contributed by atoms with E-state index in [4.69, 9.17) is 28.4 Å². The average Bonchev–Trinajstić information content (AvgIpc) is 3.71. The van der Waals surface area contributed by atoms with Gasteiger partial charge in [0.15, 0.2) is 18.9 Å². The van der Waals surface area contributed by atoms with Crippen molar-refractivity contribution in [2.24, 2.45) is 0 Å². The number of nitrogens with one attached hydrogen (secondary N) is 1. The standard InChI is InChI=1S/C68H107NO18/c1-3-5-7-9-11-13-15-16-17-18-19-20-21-22-23-24-25-26-27-28-29-30-31-32-33-34-36-38-40-42-44-46-56(74)69-51(52(73)45-43-41-39-37-35-14-12-10-8-6-4-2)50-82-66-62(80)59(77)64(54(48-71)84-66)87-68-63(81)60(78)65(55(49-72)85-68)86-67-61(79)58(76)57(75)53(47-70)83-67/h5,7-8,10-11,13,16-17,19-20,22-23,25-26,28-29,31-32,34-37,43,45,51-55,57-68,70-73,75-81H,3-4,6,9,12,14-15,18,21,24,27,30,33,38-42,44,46-50H2,1-2H3,(H,69,74)/b7-5-,10-8+,13-11-,17-16-,20-19-,23-22-,26-25-,29-28-,32-31-,36-34-,37-35+,45-43+. The van der Waals surface area contributed by atoms with Crippen LogP contribution in [-0.2, 0) is 33.2 Å². The van der Waals surface area contributed by atoms with Crippen LogP contribution in [0.1, 0.15) is 142 Å². The first-order valence-corrected chi connectivity index (χ1v) is 31.6. The predicted molar refractivity (Wildman–Crippen MR) is 336 cm³/mol. The molecule has 3 fully saturated rings. The lowest BCUT2D eigenvalue weighted by Gasteiger charge is -2.48. The Bertz CT molecular complexity index is 2150. The third-order valence-electron chi connectivity index (χ3n) is 14.6. The Hall–Kier alpha value is -4.33. The van der Waals surface area contributed by atoms with E-state index in [1.54, 1.807) is 12.2 Å². The number of unbranched alkanes of at least 4 members (excludes halogenated alkanes) is 6. The minimum atomic E-state index is -1.99. The first-order valence-electron chi connectivity index (χ1n) is 31.6. The van der Waals surface area contributed by atoms with Crippen LogP contribution in [0.2, 0.25) is 0 Å². The van der Waals surface area contributed by atoms with Crippen LogP contribution in [0.4, 0.5) is 0 Å². The number of carbonyl (C=O) groups excluding carboxylic acids is 1. The molecule has 3 heterocycles. The van der Waals surface area contributed by atoms with Gasteiger partial charge in [-0.3, -0.25) is 4.79 Å². The number of hydrogen-bond donors (Lipinski definition) is 12. The zero-order valence-corrected chi connectivity index (χ0v) is 51.4. The molecule has 0 radical (unpaired) electrons. The summed E-state index contributed by atoms with van der Waals surface area (Å²) in [4.78, 5) is 13.3. The van der Waals surface area contributed by atoms with Crippen LogP contribution in [0.25, 0.3) is 0 Å². The smallest absolute Gasteiger partial charge is 0.220 e. The Morgan fingerprint density at radius 1 is 0.425 bits per heavy atom.